The highest BCUT2D eigenvalue weighted by molar-refractivity contribution is 5.83. The number of esters is 1. The van der Waals surface area contributed by atoms with Gasteiger partial charge in [-0.15, -0.1) is 0 Å². The molecule has 6 heteroatoms. The third-order valence-electron chi connectivity index (χ3n) is 2.66. The van der Waals surface area contributed by atoms with Crippen LogP contribution >= 0.6 is 0 Å². The highest BCUT2D eigenvalue weighted by Crippen LogP contribution is 2.01. The van der Waals surface area contributed by atoms with Crippen LogP contribution in [0.25, 0.3) is 0 Å². The minimum Gasteiger partial charge on any atom is -0.465 e. The Balaban J connectivity index is 4.34. The maximum Gasteiger partial charge on any atom is 0.325 e. The van der Waals surface area contributed by atoms with E-state index in [1.807, 2.05) is 18.7 Å². The first-order chi connectivity index (χ1) is 8.77. The van der Waals surface area contributed by atoms with E-state index in [4.69, 9.17) is 4.74 Å². The summed E-state index contributed by atoms with van der Waals surface area (Å²) in [7, 11) is 1.57. The van der Waals surface area contributed by atoms with Gasteiger partial charge in [0.15, 0.2) is 0 Å². The quantitative estimate of drug-likeness (QED) is 0.636. The zero-order valence-corrected chi connectivity index (χ0v) is 12.5. The number of rotatable bonds is 8. The molecule has 0 bridgehead atoms. The van der Waals surface area contributed by atoms with Crippen LogP contribution in [0.5, 0.6) is 0 Å². The summed E-state index contributed by atoms with van der Waals surface area (Å²) < 4.78 is 4.79. The number of aliphatic hydroxyl groups is 1. The predicted molar refractivity (Wildman–Crippen MR) is 72.7 cm³/mol. The number of aliphatic hydroxyl groups excluding tert-OH is 1. The second-order valence-electron chi connectivity index (χ2n) is 4.93. The first-order valence-corrected chi connectivity index (χ1v) is 6.59. The lowest BCUT2D eigenvalue weighted by Crippen LogP contribution is -2.45. The van der Waals surface area contributed by atoms with Crippen LogP contribution in [0.1, 0.15) is 27.7 Å². The summed E-state index contributed by atoms with van der Waals surface area (Å²) in [6, 6.07) is 0.148. The highest BCUT2D eigenvalue weighted by atomic mass is 16.5. The minimum absolute atomic E-state index is 0.0483. The Labute approximate surface area is 115 Å². The molecule has 1 N–H and O–H groups in total. The van der Waals surface area contributed by atoms with Crippen molar-refractivity contribution in [2.75, 3.05) is 33.3 Å². The van der Waals surface area contributed by atoms with Gasteiger partial charge in [0, 0.05) is 19.6 Å². The molecule has 19 heavy (non-hydrogen) atoms. The fraction of sp³-hybridized carbons (Fsp3) is 0.846. The number of carbonyl (C=O) groups is 2. The van der Waals surface area contributed by atoms with E-state index in [2.05, 4.69) is 0 Å². The van der Waals surface area contributed by atoms with Gasteiger partial charge in [0.1, 0.15) is 6.54 Å². The molecule has 0 radical (unpaired) electrons. The summed E-state index contributed by atoms with van der Waals surface area (Å²) in [5.41, 5.74) is 0. The van der Waals surface area contributed by atoms with Gasteiger partial charge in [-0.25, -0.2) is 0 Å². The van der Waals surface area contributed by atoms with Crippen LogP contribution in [-0.2, 0) is 14.3 Å². The predicted octanol–water partition coefficient (Wildman–Crippen LogP) is 0.0991. The van der Waals surface area contributed by atoms with Crippen LogP contribution in [0.4, 0.5) is 0 Å². The monoisotopic (exact) mass is 274 g/mol. The molecule has 0 saturated heterocycles. The lowest BCUT2D eigenvalue weighted by atomic mass is 10.2. The molecule has 112 valence electrons. The largest absolute Gasteiger partial charge is 0.465 e. The van der Waals surface area contributed by atoms with Gasteiger partial charge in [-0.3, -0.25) is 14.5 Å². The van der Waals surface area contributed by atoms with Gasteiger partial charge in [-0.1, -0.05) is 0 Å². The van der Waals surface area contributed by atoms with Crippen LogP contribution in [0.3, 0.4) is 0 Å². The second-order valence-corrected chi connectivity index (χ2v) is 4.93. The van der Waals surface area contributed by atoms with Crippen LogP contribution < -0.4 is 0 Å². The maximum atomic E-state index is 12.0. The molecule has 0 fully saturated rings. The van der Waals surface area contributed by atoms with Crippen LogP contribution in [0.2, 0.25) is 0 Å². The van der Waals surface area contributed by atoms with Gasteiger partial charge in [0.25, 0.3) is 0 Å². The first-order valence-electron chi connectivity index (χ1n) is 6.59. The van der Waals surface area contributed by atoms with Crippen LogP contribution in [-0.4, -0.2) is 72.2 Å². The van der Waals surface area contributed by atoms with E-state index in [0.29, 0.717) is 13.2 Å². The Hall–Kier alpha value is -1.14. The van der Waals surface area contributed by atoms with Crippen molar-refractivity contribution in [3.8, 4) is 0 Å². The average molecular weight is 274 g/mol. The van der Waals surface area contributed by atoms with E-state index in [0.717, 1.165) is 0 Å². The number of carbonyl (C=O) groups excluding carboxylic acids is 2. The topological polar surface area (TPSA) is 70.1 Å². The van der Waals surface area contributed by atoms with E-state index in [1.165, 1.54) is 4.90 Å². The Kier molecular flexibility index (Phi) is 8.34. The van der Waals surface area contributed by atoms with E-state index in [9.17, 15) is 14.7 Å². The van der Waals surface area contributed by atoms with Crippen molar-refractivity contribution < 1.29 is 19.4 Å². The lowest BCUT2D eigenvalue weighted by Gasteiger charge is -2.28. The molecule has 1 unspecified atom stereocenters. The lowest BCUT2D eigenvalue weighted by molar-refractivity contribution is -0.148. The second kappa shape index (κ2) is 8.87. The molecule has 0 aliphatic rings. The molecule has 0 spiro atoms. The fourth-order valence-electron chi connectivity index (χ4n) is 1.58. The Morgan fingerprint density at radius 2 is 1.79 bits per heavy atom. The smallest absolute Gasteiger partial charge is 0.325 e. The van der Waals surface area contributed by atoms with Crippen molar-refractivity contribution in [1.29, 1.82) is 0 Å². The first kappa shape index (κ1) is 17.9. The number of nitrogens with zero attached hydrogens (tertiary/aromatic N) is 2. The molecule has 0 aliphatic heterocycles. The molecule has 1 amide bonds. The Bertz CT molecular complexity index is 292. The van der Waals surface area contributed by atoms with Crippen molar-refractivity contribution in [2.24, 2.45) is 0 Å². The Morgan fingerprint density at radius 1 is 1.21 bits per heavy atom. The van der Waals surface area contributed by atoms with E-state index in [1.54, 1.807) is 20.9 Å². The molecule has 6 nitrogen and oxygen atoms in total. The van der Waals surface area contributed by atoms with E-state index < -0.39 is 12.1 Å². The number of likely N-dealkylation sites (N-methyl/N-ethyl adjacent to an activating group) is 1. The molecular formula is C13H26N2O4. The summed E-state index contributed by atoms with van der Waals surface area (Å²) in [6.07, 6.45) is -0.495. The van der Waals surface area contributed by atoms with Crippen molar-refractivity contribution in [2.45, 2.75) is 39.8 Å². The number of hydrogen-bond acceptors (Lipinski definition) is 5. The minimum atomic E-state index is -0.495. The van der Waals surface area contributed by atoms with Gasteiger partial charge in [-0.2, -0.15) is 0 Å². The third-order valence-corrected chi connectivity index (χ3v) is 2.66. The molecular weight excluding hydrogens is 248 g/mol. The average Bonchev–Trinajstić information content (AvgIpc) is 2.27. The third kappa shape index (κ3) is 7.79. The standard InChI is InChI=1S/C13H26N2O4/c1-6-19-13(18)9-14(5)12(17)8-15(10(2)3)7-11(4)16/h10-11,16H,6-9H2,1-5H3. The summed E-state index contributed by atoms with van der Waals surface area (Å²) in [4.78, 5) is 26.5. The summed E-state index contributed by atoms with van der Waals surface area (Å²) in [6.45, 7) is 8.19. The van der Waals surface area contributed by atoms with Crippen molar-refractivity contribution >= 4 is 11.9 Å². The zero-order valence-electron chi connectivity index (χ0n) is 12.5. The molecule has 0 aliphatic carbocycles. The van der Waals surface area contributed by atoms with Gasteiger partial charge in [0.05, 0.1) is 19.3 Å². The van der Waals surface area contributed by atoms with Crippen molar-refractivity contribution in [3.05, 3.63) is 0 Å². The van der Waals surface area contributed by atoms with Gasteiger partial charge in [0.2, 0.25) is 5.91 Å². The summed E-state index contributed by atoms with van der Waals surface area (Å²) >= 11 is 0. The summed E-state index contributed by atoms with van der Waals surface area (Å²) in [5.74, 6) is -0.577. The van der Waals surface area contributed by atoms with Gasteiger partial charge >= 0.3 is 5.97 Å². The molecule has 0 aromatic heterocycles. The molecule has 0 rings (SSSR count). The van der Waals surface area contributed by atoms with Crippen molar-refractivity contribution in [3.63, 3.8) is 0 Å². The molecule has 0 aromatic rings. The fourth-order valence-corrected chi connectivity index (χ4v) is 1.58. The summed E-state index contributed by atoms with van der Waals surface area (Å²) in [5, 5.41) is 9.40. The van der Waals surface area contributed by atoms with Crippen molar-refractivity contribution in [1.82, 2.24) is 9.80 Å². The van der Waals surface area contributed by atoms with E-state index in [-0.39, 0.29) is 25.0 Å². The van der Waals surface area contributed by atoms with Crippen LogP contribution in [0, 0.1) is 0 Å². The van der Waals surface area contributed by atoms with Gasteiger partial charge in [-0.05, 0) is 27.7 Å². The van der Waals surface area contributed by atoms with Crippen LogP contribution in [0.15, 0.2) is 0 Å². The zero-order chi connectivity index (χ0) is 15.0. The molecule has 0 saturated carbocycles. The van der Waals surface area contributed by atoms with E-state index >= 15 is 0 Å². The number of ether oxygens (including phenoxy) is 1. The van der Waals surface area contributed by atoms with Gasteiger partial charge < -0.3 is 14.7 Å². The maximum absolute atomic E-state index is 12.0. The SMILES string of the molecule is CCOC(=O)CN(C)C(=O)CN(CC(C)O)C(C)C. The molecule has 0 heterocycles. The molecule has 0 aromatic carbocycles. The molecule has 1 atom stereocenters. The Morgan fingerprint density at radius 3 is 2.21 bits per heavy atom. The highest BCUT2D eigenvalue weighted by Gasteiger charge is 2.20. The normalized spacial score (nSPS) is 12.6. The number of hydrogen-bond donors (Lipinski definition) is 1. The number of amides is 1.